The smallest absolute Gasteiger partial charge is 0.383 e. The first-order valence-corrected chi connectivity index (χ1v) is 4.70. The normalized spacial score (nSPS) is 13.1. The summed E-state index contributed by atoms with van der Waals surface area (Å²) >= 11 is 1.42. The van der Waals surface area contributed by atoms with Crippen LogP contribution in [0.3, 0.4) is 0 Å². The van der Waals surface area contributed by atoms with Gasteiger partial charge in [0.25, 0.3) is 0 Å². The number of aliphatic hydroxyl groups is 1. The SMILES string of the molecule is OC(CC#Cc1ccsc1)C(F)(F)F. The van der Waals surface area contributed by atoms with Crippen molar-refractivity contribution in [2.75, 3.05) is 0 Å². The van der Waals surface area contributed by atoms with E-state index in [9.17, 15) is 13.2 Å². The van der Waals surface area contributed by atoms with Crippen molar-refractivity contribution in [2.24, 2.45) is 0 Å². The number of hydrogen-bond acceptors (Lipinski definition) is 2. The molecular weight excluding hydrogens is 213 g/mol. The topological polar surface area (TPSA) is 20.2 Å². The summed E-state index contributed by atoms with van der Waals surface area (Å²) in [5.74, 6) is 4.81. The second kappa shape index (κ2) is 4.49. The van der Waals surface area contributed by atoms with Crippen molar-refractivity contribution < 1.29 is 18.3 Å². The van der Waals surface area contributed by atoms with Crippen LogP contribution in [-0.2, 0) is 0 Å². The average Bonchev–Trinajstić information content (AvgIpc) is 2.55. The van der Waals surface area contributed by atoms with Gasteiger partial charge in [-0.15, -0.1) is 0 Å². The minimum absolute atomic E-state index is 0.584. The highest BCUT2D eigenvalue weighted by molar-refractivity contribution is 7.08. The van der Waals surface area contributed by atoms with Gasteiger partial charge in [-0.2, -0.15) is 24.5 Å². The highest BCUT2D eigenvalue weighted by atomic mass is 32.1. The van der Waals surface area contributed by atoms with Crippen LogP contribution < -0.4 is 0 Å². The number of alkyl halides is 3. The molecule has 0 aliphatic heterocycles. The van der Waals surface area contributed by atoms with Crippen LogP contribution in [0.1, 0.15) is 12.0 Å². The van der Waals surface area contributed by atoms with E-state index in [1.54, 1.807) is 16.8 Å². The third kappa shape index (κ3) is 3.40. The fourth-order valence-corrected chi connectivity index (χ4v) is 1.29. The molecule has 0 amide bonds. The van der Waals surface area contributed by atoms with E-state index in [1.165, 1.54) is 11.3 Å². The second-order valence-corrected chi connectivity index (χ2v) is 3.36. The van der Waals surface area contributed by atoms with E-state index < -0.39 is 18.7 Å². The van der Waals surface area contributed by atoms with Crippen LogP contribution >= 0.6 is 11.3 Å². The minimum atomic E-state index is -4.58. The molecule has 1 nitrogen and oxygen atoms in total. The Balaban J connectivity index is 2.48. The molecule has 76 valence electrons. The zero-order valence-corrected chi connectivity index (χ0v) is 7.82. The molecule has 1 rings (SSSR count). The Morgan fingerprint density at radius 2 is 2.21 bits per heavy atom. The van der Waals surface area contributed by atoms with Crippen LogP contribution in [0.4, 0.5) is 13.2 Å². The standard InChI is InChI=1S/C9H7F3OS/c10-9(11,12)8(13)3-1-2-7-4-5-14-6-7/h4-6,8,13H,3H2. The monoisotopic (exact) mass is 220 g/mol. The molecule has 0 saturated heterocycles. The fraction of sp³-hybridized carbons (Fsp3) is 0.333. The zero-order chi connectivity index (χ0) is 10.6. The minimum Gasteiger partial charge on any atom is -0.383 e. The molecule has 1 aromatic heterocycles. The van der Waals surface area contributed by atoms with E-state index in [2.05, 4.69) is 11.8 Å². The molecule has 0 fully saturated rings. The first kappa shape index (κ1) is 11.1. The highest BCUT2D eigenvalue weighted by Crippen LogP contribution is 2.21. The van der Waals surface area contributed by atoms with E-state index in [4.69, 9.17) is 5.11 Å². The van der Waals surface area contributed by atoms with Gasteiger partial charge in [-0.25, -0.2) is 0 Å². The Labute approximate surface area is 83.2 Å². The van der Waals surface area contributed by atoms with E-state index in [0.717, 1.165) is 0 Å². The van der Waals surface area contributed by atoms with Gasteiger partial charge in [-0.05, 0) is 11.4 Å². The fourth-order valence-electron chi connectivity index (χ4n) is 0.701. The molecule has 0 aliphatic carbocycles. The third-order valence-electron chi connectivity index (χ3n) is 1.43. The van der Waals surface area contributed by atoms with Gasteiger partial charge < -0.3 is 5.11 Å². The first-order chi connectivity index (χ1) is 6.50. The van der Waals surface area contributed by atoms with Crippen molar-refractivity contribution in [3.63, 3.8) is 0 Å². The first-order valence-electron chi connectivity index (χ1n) is 3.76. The lowest BCUT2D eigenvalue weighted by Crippen LogP contribution is -2.27. The molecule has 0 bridgehead atoms. The van der Waals surface area contributed by atoms with E-state index in [1.807, 2.05) is 0 Å². The van der Waals surface area contributed by atoms with Gasteiger partial charge in [0.15, 0.2) is 6.10 Å². The van der Waals surface area contributed by atoms with Crippen molar-refractivity contribution in [3.8, 4) is 11.8 Å². The predicted molar refractivity (Wildman–Crippen MR) is 47.9 cm³/mol. The highest BCUT2D eigenvalue weighted by Gasteiger charge is 2.37. The van der Waals surface area contributed by atoms with E-state index >= 15 is 0 Å². The zero-order valence-electron chi connectivity index (χ0n) is 7.01. The van der Waals surface area contributed by atoms with Crippen LogP contribution in [0.5, 0.6) is 0 Å². The van der Waals surface area contributed by atoms with Crippen molar-refractivity contribution in [1.29, 1.82) is 0 Å². The van der Waals surface area contributed by atoms with Gasteiger partial charge in [-0.1, -0.05) is 11.8 Å². The molecule has 5 heteroatoms. The van der Waals surface area contributed by atoms with Gasteiger partial charge in [0.1, 0.15) is 0 Å². The number of thiophene rings is 1. The van der Waals surface area contributed by atoms with Crippen LogP contribution in [0, 0.1) is 11.8 Å². The second-order valence-electron chi connectivity index (χ2n) is 2.58. The molecule has 14 heavy (non-hydrogen) atoms. The van der Waals surface area contributed by atoms with Crippen molar-refractivity contribution in [2.45, 2.75) is 18.7 Å². The average molecular weight is 220 g/mol. The summed E-state index contributed by atoms with van der Waals surface area (Å²) in [6, 6.07) is 1.71. The summed E-state index contributed by atoms with van der Waals surface area (Å²) in [5, 5.41) is 12.1. The summed E-state index contributed by atoms with van der Waals surface area (Å²) in [5.41, 5.74) is 0.671. The van der Waals surface area contributed by atoms with Gasteiger partial charge in [0, 0.05) is 17.4 Å². The Hall–Kier alpha value is -0.990. The third-order valence-corrected chi connectivity index (χ3v) is 2.11. The maximum atomic E-state index is 11.8. The molecule has 0 radical (unpaired) electrons. The molecule has 1 heterocycles. The number of halogens is 3. The Kier molecular flexibility index (Phi) is 3.55. The quantitative estimate of drug-likeness (QED) is 0.720. The van der Waals surface area contributed by atoms with Crippen LogP contribution in [0.15, 0.2) is 16.8 Å². The van der Waals surface area contributed by atoms with Crippen molar-refractivity contribution in [3.05, 3.63) is 22.4 Å². The summed E-state index contributed by atoms with van der Waals surface area (Å²) in [7, 11) is 0. The van der Waals surface area contributed by atoms with Gasteiger partial charge in [0.2, 0.25) is 0 Å². The van der Waals surface area contributed by atoms with Gasteiger partial charge in [-0.3, -0.25) is 0 Å². The summed E-state index contributed by atoms with van der Waals surface area (Å²) in [6.07, 6.45) is -7.52. The molecule has 0 aromatic carbocycles. The van der Waals surface area contributed by atoms with Crippen molar-refractivity contribution >= 4 is 11.3 Å². The molecule has 1 N–H and O–H groups in total. The van der Waals surface area contributed by atoms with Gasteiger partial charge in [0.05, 0.1) is 0 Å². The van der Waals surface area contributed by atoms with Gasteiger partial charge >= 0.3 is 6.18 Å². The van der Waals surface area contributed by atoms with Crippen LogP contribution in [0.25, 0.3) is 0 Å². The van der Waals surface area contributed by atoms with E-state index in [0.29, 0.717) is 5.56 Å². The lowest BCUT2D eigenvalue weighted by molar-refractivity contribution is -0.201. The molecular formula is C9H7F3OS. The molecule has 0 spiro atoms. The molecule has 0 saturated carbocycles. The van der Waals surface area contributed by atoms with Crippen LogP contribution in [-0.4, -0.2) is 17.4 Å². The van der Waals surface area contributed by atoms with Crippen LogP contribution in [0.2, 0.25) is 0 Å². The summed E-state index contributed by atoms with van der Waals surface area (Å²) in [4.78, 5) is 0. The summed E-state index contributed by atoms with van der Waals surface area (Å²) in [6.45, 7) is 0. The lowest BCUT2D eigenvalue weighted by atomic mass is 10.2. The van der Waals surface area contributed by atoms with E-state index in [-0.39, 0.29) is 0 Å². The molecule has 1 unspecified atom stereocenters. The number of rotatable bonds is 1. The summed E-state index contributed by atoms with van der Waals surface area (Å²) < 4.78 is 35.4. The Morgan fingerprint density at radius 1 is 1.50 bits per heavy atom. The number of aliphatic hydroxyl groups excluding tert-OH is 1. The Bertz CT molecular complexity index is 331. The predicted octanol–water partition coefficient (Wildman–Crippen LogP) is 2.41. The molecule has 1 aromatic rings. The molecule has 0 aliphatic rings. The largest absolute Gasteiger partial charge is 0.415 e. The lowest BCUT2D eigenvalue weighted by Gasteiger charge is -2.10. The van der Waals surface area contributed by atoms with Crippen molar-refractivity contribution in [1.82, 2.24) is 0 Å². The molecule has 1 atom stereocenters. The number of hydrogen-bond donors (Lipinski definition) is 1. The maximum absolute atomic E-state index is 11.8. The Morgan fingerprint density at radius 3 is 2.71 bits per heavy atom. The maximum Gasteiger partial charge on any atom is 0.415 e.